The maximum absolute atomic E-state index is 13.2. The van der Waals surface area contributed by atoms with Crippen molar-refractivity contribution in [3.8, 4) is 0 Å². The first-order chi connectivity index (χ1) is 12.1. The van der Waals surface area contributed by atoms with Gasteiger partial charge in [0.15, 0.2) is 6.10 Å². The summed E-state index contributed by atoms with van der Waals surface area (Å²) in [4.78, 5) is 16.8. The number of rotatable bonds is 5. The second-order valence-electron chi connectivity index (χ2n) is 5.56. The van der Waals surface area contributed by atoms with Gasteiger partial charge in [0, 0.05) is 6.20 Å². The van der Waals surface area contributed by atoms with Crippen molar-refractivity contribution in [3.63, 3.8) is 0 Å². The minimum atomic E-state index is -1.30. The Bertz CT molecular complexity index is 823. The van der Waals surface area contributed by atoms with Crippen molar-refractivity contribution in [2.75, 3.05) is 0 Å². The highest BCUT2D eigenvalue weighted by molar-refractivity contribution is 5.82. The summed E-state index contributed by atoms with van der Waals surface area (Å²) in [6.45, 7) is 0. The first-order valence-corrected chi connectivity index (χ1v) is 7.85. The molecular weight excluding hydrogens is 319 g/mol. The van der Waals surface area contributed by atoms with Gasteiger partial charge in [-0.3, -0.25) is 9.78 Å². The van der Waals surface area contributed by atoms with E-state index in [9.17, 15) is 14.3 Å². The molecule has 5 heteroatoms. The molecule has 0 spiro atoms. The molecule has 4 nitrogen and oxygen atoms in total. The average Bonchev–Trinajstić information content (AvgIpc) is 2.67. The number of aromatic nitrogens is 1. The van der Waals surface area contributed by atoms with Gasteiger partial charge in [-0.25, -0.2) is 4.39 Å². The van der Waals surface area contributed by atoms with Crippen LogP contribution in [0.3, 0.4) is 0 Å². The molecule has 0 saturated heterocycles. The largest absolute Gasteiger partial charge is 0.378 e. The van der Waals surface area contributed by atoms with E-state index in [-0.39, 0.29) is 5.82 Å². The molecular formula is C20H17FN2O2. The van der Waals surface area contributed by atoms with Crippen molar-refractivity contribution in [1.29, 1.82) is 0 Å². The van der Waals surface area contributed by atoms with E-state index < -0.39 is 18.1 Å². The third kappa shape index (κ3) is 4.08. The lowest BCUT2D eigenvalue weighted by molar-refractivity contribution is -0.130. The van der Waals surface area contributed by atoms with E-state index in [1.807, 2.05) is 6.07 Å². The average molecular weight is 336 g/mol. The standard InChI is InChI=1S/C20H17FN2O2/c21-16-11-9-14(10-12-16)18(17-8-4-5-13-22-17)23-20(25)19(24)15-6-2-1-3-7-15/h1-13,18-19,24H,(H,23,25)/t18-,19+/m0/s1. The SMILES string of the molecule is O=C(N[C@@H](c1ccc(F)cc1)c1ccccn1)[C@H](O)c1ccccc1. The molecule has 2 N–H and O–H groups in total. The number of carbonyl (C=O) groups excluding carboxylic acids is 1. The van der Waals surface area contributed by atoms with Crippen LogP contribution in [0, 0.1) is 5.82 Å². The number of benzene rings is 2. The first kappa shape index (κ1) is 16.8. The van der Waals surface area contributed by atoms with Crippen molar-refractivity contribution in [3.05, 3.63) is 102 Å². The molecule has 25 heavy (non-hydrogen) atoms. The predicted octanol–water partition coefficient (Wildman–Crippen LogP) is 3.16. The Morgan fingerprint density at radius 2 is 1.60 bits per heavy atom. The van der Waals surface area contributed by atoms with Gasteiger partial charge >= 0.3 is 0 Å². The Hall–Kier alpha value is -3.05. The van der Waals surface area contributed by atoms with E-state index in [0.717, 1.165) is 0 Å². The number of halogens is 1. The van der Waals surface area contributed by atoms with Gasteiger partial charge in [0.2, 0.25) is 0 Å². The molecule has 0 radical (unpaired) electrons. The zero-order valence-electron chi connectivity index (χ0n) is 13.3. The summed E-state index contributed by atoms with van der Waals surface area (Å²) in [5.41, 5.74) is 1.77. The van der Waals surface area contributed by atoms with E-state index in [1.54, 1.807) is 60.8 Å². The van der Waals surface area contributed by atoms with Crippen LogP contribution in [0.2, 0.25) is 0 Å². The Labute approximate surface area is 145 Å². The summed E-state index contributed by atoms with van der Waals surface area (Å²) in [6, 6.07) is 19.2. The number of aliphatic hydroxyl groups is 1. The Morgan fingerprint density at radius 1 is 0.920 bits per heavy atom. The Morgan fingerprint density at radius 3 is 2.24 bits per heavy atom. The van der Waals surface area contributed by atoms with Gasteiger partial charge < -0.3 is 10.4 Å². The summed E-state index contributed by atoms with van der Waals surface area (Å²) in [7, 11) is 0. The molecule has 0 bridgehead atoms. The second kappa shape index (κ2) is 7.68. The van der Waals surface area contributed by atoms with Crippen LogP contribution >= 0.6 is 0 Å². The minimum Gasteiger partial charge on any atom is -0.378 e. The lowest BCUT2D eigenvalue weighted by atomic mass is 10.0. The van der Waals surface area contributed by atoms with Gasteiger partial charge in [-0.05, 0) is 35.4 Å². The molecule has 0 unspecified atom stereocenters. The summed E-state index contributed by atoms with van der Waals surface area (Å²) < 4.78 is 13.2. The molecule has 1 heterocycles. The normalized spacial score (nSPS) is 13.0. The van der Waals surface area contributed by atoms with E-state index >= 15 is 0 Å². The van der Waals surface area contributed by atoms with Crippen molar-refractivity contribution in [2.24, 2.45) is 0 Å². The third-order valence-corrected chi connectivity index (χ3v) is 3.84. The number of nitrogens with one attached hydrogen (secondary N) is 1. The highest BCUT2D eigenvalue weighted by Crippen LogP contribution is 2.22. The second-order valence-corrected chi connectivity index (χ2v) is 5.56. The first-order valence-electron chi connectivity index (χ1n) is 7.85. The van der Waals surface area contributed by atoms with Crippen LogP contribution in [-0.2, 0) is 4.79 Å². The molecule has 3 aromatic rings. The highest BCUT2D eigenvalue weighted by Gasteiger charge is 2.23. The summed E-state index contributed by atoms with van der Waals surface area (Å²) in [6.07, 6.45) is 0.318. The molecule has 1 aromatic heterocycles. The van der Waals surface area contributed by atoms with Crippen LogP contribution in [0.1, 0.15) is 29.0 Å². The quantitative estimate of drug-likeness (QED) is 0.752. The predicted molar refractivity (Wildman–Crippen MR) is 92.0 cm³/mol. The van der Waals surface area contributed by atoms with E-state index in [1.165, 1.54) is 12.1 Å². The van der Waals surface area contributed by atoms with Crippen LogP contribution in [0.25, 0.3) is 0 Å². The Balaban J connectivity index is 1.87. The molecule has 0 fully saturated rings. The zero-order chi connectivity index (χ0) is 17.6. The topological polar surface area (TPSA) is 62.2 Å². The maximum atomic E-state index is 13.2. The fraction of sp³-hybridized carbons (Fsp3) is 0.100. The van der Waals surface area contributed by atoms with E-state index in [0.29, 0.717) is 16.8 Å². The molecule has 0 saturated carbocycles. The molecule has 0 aliphatic carbocycles. The number of aliphatic hydroxyl groups excluding tert-OH is 1. The van der Waals surface area contributed by atoms with Gasteiger partial charge in [0.05, 0.1) is 11.7 Å². The summed E-state index contributed by atoms with van der Waals surface area (Å²) >= 11 is 0. The van der Waals surface area contributed by atoms with E-state index in [4.69, 9.17) is 0 Å². The van der Waals surface area contributed by atoms with Crippen molar-refractivity contribution >= 4 is 5.91 Å². The fourth-order valence-electron chi connectivity index (χ4n) is 2.54. The third-order valence-electron chi connectivity index (χ3n) is 3.84. The lowest BCUT2D eigenvalue weighted by Crippen LogP contribution is -2.34. The van der Waals surface area contributed by atoms with Gasteiger partial charge in [-0.15, -0.1) is 0 Å². The molecule has 0 aliphatic heterocycles. The Kier molecular flexibility index (Phi) is 5.16. The minimum absolute atomic E-state index is 0.362. The van der Waals surface area contributed by atoms with Crippen LogP contribution in [0.15, 0.2) is 79.0 Å². The van der Waals surface area contributed by atoms with Crippen LogP contribution in [0.5, 0.6) is 0 Å². The van der Waals surface area contributed by atoms with E-state index in [2.05, 4.69) is 10.3 Å². The monoisotopic (exact) mass is 336 g/mol. The van der Waals surface area contributed by atoms with Crippen molar-refractivity contribution in [2.45, 2.75) is 12.1 Å². The highest BCUT2D eigenvalue weighted by atomic mass is 19.1. The van der Waals surface area contributed by atoms with Crippen molar-refractivity contribution < 1.29 is 14.3 Å². The number of nitrogens with zero attached hydrogens (tertiary/aromatic N) is 1. The molecule has 1 amide bonds. The molecule has 2 aromatic carbocycles. The number of hydrogen-bond donors (Lipinski definition) is 2. The van der Waals surface area contributed by atoms with Crippen LogP contribution in [-0.4, -0.2) is 16.0 Å². The number of pyridine rings is 1. The smallest absolute Gasteiger partial charge is 0.254 e. The van der Waals surface area contributed by atoms with Gasteiger partial charge in [-0.1, -0.05) is 48.5 Å². The molecule has 126 valence electrons. The number of amides is 1. The zero-order valence-corrected chi connectivity index (χ0v) is 13.3. The van der Waals surface area contributed by atoms with Gasteiger partial charge in [0.25, 0.3) is 5.91 Å². The number of carbonyl (C=O) groups is 1. The van der Waals surface area contributed by atoms with Crippen molar-refractivity contribution in [1.82, 2.24) is 10.3 Å². The lowest BCUT2D eigenvalue weighted by Gasteiger charge is -2.21. The maximum Gasteiger partial charge on any atom is 0.254 e. The molecule has 2 atom stereocenters. The number of hydrogen-bond acceptors (Lipinski definition) is 3. The summed E-state index contributed by atoms with van der Waals surface area (Å²) in [5.74, 6) is -0.912. The molecule has 3 rings (SSSR count). The van der Waals surface area contributed by atoms with Gasteiger partial charge in [-0.2, -0.15) is 0 Å². The summed E-state index contributed by atoms with van der Waals surface area (Å²) in [5, 5.41) is 13.1. The van der Waals surface area contributed by atoms with Crippen LogP contribution < -0.4 is 5.32 Å². The molecule has 0 aliphatic rings. The fourth-order valence-corrected chi connectivity index (χ4v) is 2.54. The van der Waals surface area contributed by atoms with Gasteiger partial charge in [0.1, 0.15) is 5.82 Å². The van der Waals surface area contributed by atoms with Crippen LogP contribution in [0.4, 0.5) is 4.39 Å².